The normalized spacial score (nSPS) is 23.7. The predicted molar refractivity (Wildman–Crippen MR) is 215 cm³/mol. The van der Waals surface area contributed by atoms with Crippen molar-refractivity contribution in [3.63, 3.8) is 0 Å². The molecule has 9 rings (SSSR count). The maximum absolute atomic E-state index is 13.1. The number of benzene rings is 2. The van der Waals surface area contributed by atoms with Crippen molar-refractivity contribution in [3.05, 3.63) is 87.9 Å². The molecular weight excluding hydrogens is 737 g/mol. The summed E-state index contributed by atoms with van der Waals surface area (Å²) in [6.07, 6.45) is 6.83. The summed E-state index contributed by atoms with van der Waals surface area (Å²) >= 11 is 0. The quantitative estimate of drug-likeness (QED) is 0.291. The third kappa shape index (κ3) is 7.52. The van der Waals surface area contributed by atoms with E-state index in [4.69, 9.17) is 10.7 Å². The van der Waals surface area contributed by atoms with Gasteiger partial charge < -0.3 is 25.3 Å². The number of likely N-dealkylation sites (tertiary alicyclic amines) is 2. The zero-order chi connectivity index (χ0) is 40.1. The number of primary amides is 1. The lowest BCUT2D eigenvalue weighted by atomic mass is 9.87. The second kappa shape index (κ2) is 15.7. The molecule has 6 aliphatic heterocycles. The molecule has 5 fully saturated rings. The maximum atomic E-state index is 13.1. The number of amides is 6. The van der Waals surface area contributed by atoms with E-state index in [-0.39, 0.29) is 41.9 Å². The van der Waals surface area contributed by atoms with E-state index in [1.165, 1.54) is 11.1 Å². The van der Waals surface area contributed by atoms with Crippen LogP contribution in [-0.4, -0.2) is 142 Å². The molecule has 1 unspecified atom stereocenters. The molecule has 2 aromatic carbocycles. The number of hydrogen-bond acceptors (Lipinski definition) is 10. The summed E-state index contributed by atoms with van der Waals surface area (Å²) in [6.45, 7) is 8.37. The molecule has 6 amide bonds. The average molecular weight is 789 g/mol. The minimum atomic E-state index is -0.597. The number of anilines is 1. The van der Waals surface area contributed by atoms with Crippen LogP contribution in [0.1, 0.15) is 93.2 Å². The molecule has 3 aromatic rings. The van der Waals surface area contributed by atoms with Crippen LogP contribution in [0.25, 0.3) is 0 Å². The van der Waals surface area contributed by atoms with E-state index in [0.717, 1.165) is 89.2 Å². The van der Waals surface area contributed by atoms with Crippen LogP contribution in [0.5, 0.6) is 0 Å². The van der Waals surface area contributed by atoms with Crippen molar-refractivity contribution in [1.29, 1.82) is 0 Å². The van der Waals surface area contributed by atoms with Gasteiger partial charge in [0.05, 0.1) is 17.9 Å². The van der Waals surface area contributed by atoms with Crippen LogP contribution < -0.4 is 16.0 Å². The summed E-state index contributed by atoms with van der Waals surface area (Å²) in [5.74, 6) is -0.180. The zero-order valence-corrected chi connectivity index (χ0v) is 33.1. The second-order valence-electron chi connectivity index (χ2n) is 17.0. The smallest absolute Gasteiger partial charge is 0.320 e. The van der Waals surface area contributed by atoms with Crippen LogP contribution >= 0.6 is 0 Å². The molecule has 3 N–H and O–H groups in total. The third-order valence-corrected chi connectivity index (χ3v) is 13.3. The van der Waals surface area contributed by atoms with E-state index < -0.39 is 11.9 Å². The van der Waals surface area contributed by atoms with E-state index in [2.05, 4.69) is 55.3 Å². The summed E-state index contributed by atoms with van der Waals surface area (Å²) in [5.41, 5.74) is 11.7. The Kier molecular flexibility index (Phi) is 10.3. The topological polar surface area (TPSA) is 169 Å². The summed E-state index contributed by atoms with van der Waals surface area (Å²) < 4.78 is 0. The lowest BCUT2D eigenvalue weighted by Crippen LogP contribution is -2.60. The van der Waals surface area contributed by atoms with E-state index in [9.17, 15) is 24.0 Å². The van der Waals surface area contributed by atoms with E-state index >= 15 is 0 Å². The Bertz CT molecular complexity index is 2110. The number of piperidine rings is 3. The van der Waals surface area contributed by atoms with Gasteiger partial charge in [0.1, 0.15) is 17.6 Å². The van der Waals surface area contributed by atoms with Crippen LogP contribution in [0.15, 0.2) is 48.7 Å². The number of nitrogens with two attached hydrogens (primary N) is 1. The molecule has 2 atom stereocenters. The minimum Gasteiger partial charge on any atom is -0.364 e. The summed E-state index contributed by atoms with van der Waals surface area (Å²) in [7, 11) is 1.84. The SMILES string of the molecule is CN1CCN([C@@H]2CCCN(c3cnc(C(N)=O)c(Cc4ccc(C5CCN(C6CN(Cc7ccc8c(c7)CN(C7CCC(=O)NC7=O)C8=O)C6)CC5)cc4)n3)C2)C1=O. The molecule has 6 aliphatic rings. The molecule has 1 aromatic heterocycles. The number of hydrogen-bond donors (Lipinski definition) is 2. The van der Waals surface area contributed by atoms with Gasteiger partial charge in [0.2, 0.25) is 11.8 Å². The van der Waals surface area contributed by atoms with E-state index in [0.29, 0.717) is 55.0 Å². The van der Waals surface area contributed by atoms with Crippen molar-refractivity contribution in [2.24, 2.45) is 5.73 Å². The molecule has 304 valence electrons. The molecule has 0 saturated carbocycles. The van der Waals surface area contributed by atoms with Crippen LogP contribution in [0.3, 0.4) is 0 Å². The first-order valence-electron chi connectivity index (χ1n) is 20.8. The van der Waals surface area contributed by atoms with Crippen molar-refractivity contribution in [2.75, 3.05) is 64.3 Å². The fourth-order valence-electron chi connectivity index (χ4n) is 9.91. The van der Waals surface area contributed by atoms with Crippen molar-refractivity contribution >= 4 is 35.5 Å². The van der Waals surface area contributed by atoms with Crippen LogP contribution in [0, 0.1) is 0 Å². The van der Waals surface area contributed by atoms with Gasteiger partial charge in [-0.1, -0.05) is 36.4 Å². The Hall–Kier alpha value is -5.41. The van der Waals surface area contributed by atoms with Gasteiger partial charge in [-0.3, -0.25) is 34.3 Å². The van der Waals surface area contributed by atoms with Gasteiger partial charge in [0, 0.05) is 83.9 Å². The molecule has 0 bridgehead atoms. The Morgan fingerprint density at radius 1 is 0.862 bits per heavy atom. The highest BCUT2D eigenvalue weighted by Crippen LogP contribution is 2.33. The first-order valence-corrected chi connectivity index (χ1v) is 20.8. The zero-order valence-electron chi connectivity index (χ0n) is 33.1. The number of fused-ring (bicyclic) bond motifs is 1. The Morgan fingerprint density at radius 3 is 2.36 bits per heavy atom. The van der Waals surface area contributed by atoms with Crippen LogP contribution in [-0.2, 0) is 29.1 Å². The Balaban J connectivity index is 0.755. The largest absolute Gasteiger partial charge is 0.364 e. The number of imide groups is 1. The maximum Gasteiger partial charge on any atom is 0.320 e. The fourth-order valence-corrected chi connectivity index (χ4v) is 9.91. The molecule has 5 saturated heterocycles. The predicted octanol–water partition coefficient (Wildman–Crippen LogP) is 2.33. The van der Waals surface area contributed by atoms with Crippen molar-refractivity contribution < 1.29 is 24.0 Å². The third-order valence-electron chi connectivity index (χ3n) is 13.3. The van der Waals surface area contributed by atoms with Gasteiger partial charge in [-0.05, 0) is 79.4 Å². The van der Waals surface area contributed by atoms with Crippen LogP contribution in [0.4, 0.5) is 10.6 Å². The van der Waals surface area contributed by atoms with Gasteiger partial charge in [0.25, 0.3) is 11.8 Å². The van der Waals surface area contributed by atoms with Crippen molar-refractivity contribution in [3.8, 4) is 0 Å². The first kappa shape index (κ1) is 38.1. The van der Waals surface area contributed by atoms with E-state index in [1.807, 2.05) is 24.1 Å². The Labute approximate surface area is 338 Å². The Morgan fingerprint density at radius 2 is 1.64 bits per heavy atom. The highest BCUT2D eigenvalue weighted by Gasteiger charge is 2.40. The van der Waals surface area contributed by atoms with Gasteiger partial charge in [-0.25, -0.2) is 14.8 Å². The van der Waals surface area contributed by atoms with Gasteiger partial charge >= 0.3 is 6.03 Å². The number of carbonyl (C=O) groups is 5. The monoisotopic (exact) mass is 788 g/mol. The number of carbonyl (C=O) groups excluding carboxylic acids is 5. The molecule has 0 aliphatic carbocycles. The lowest BCUT2D eigenvalue weighted by Gasteiger charge is -2.48. The summed E-state index contributed by atoms with van der Waals surface area (Å²) in [6, 6.07) is 14.9. The minimum absolute atomic E-state index is 0.0796. The average Bonchev–Trinajstić information content (AvgIpc) is 3.72. The van der Waals surface area contributed by atoms with Gasteiger partial charge in [0.15, 0.2) is 0 Å². The lowest BCUT2D eigenvalue weighted by molar-refractivity contribution is -0.136. The number of likely N-dealkylation sites (N-methyl/N-ethyl adjacent to an activating group) is 1. The summed E-state index contributed by atoms with van der Waals surface area (Å²) in [4.78, 5) is 84.2. The standard InChI is InChI=1S/C43H52N10O5/c1-48-17-18-52(43(48)58)32-3-2-14-51(26-32)37-21-45-39(40(44)55)35(46-37)20-27-4-7-29(8-5-27)30-12-15-50(16-13-30)33-24-49(25-33)22-28-6-9-34-31(19-28)23-53(42(34)57)36-10-11-38(54)47-41(36)56/h4-9,19,21,30,32-33,36H,2-3,10-18,20,22-26H2,1H3,(H2,44,55)(H,47,54,56)/t32-,36?/m1/s1. The number of nitrogens with zero attached hydrogens (tertiary/aromatic N) is 8. The first-order chi connectivity index (χ1) is 28.1. The number of rotatable bonds is 10. The van der Waals surface area contributed by atoms with Crippen LogP contribution in [0.2, 0.25) is 0 Å². The number of nitrogens with one attached hydrogen (secondary N) is 1. The number of aromatic nitrogens is 2. The number of urea groups is 1. The molecule has 58 heavy (non-hydrogen) atoms. The summed E-state index contributed by atoms with van der Waals surface area (Å²) in [5, 5.41) is 2.37. The fraction of sp³-hybridized carbons (Fsp3) is 0.512. The van der Waals surface area contributed by atoms with E-state index in [1.54, 1.807) is 16.0 Å². The van der Waals surface area contributed by atoms with Gasteiger partial charge in [-0.2, -0.15) is 0 Å². The molecule has 15 heteroatoms. The molecular formula is C43H52N10O5. The van der Waals surface area contributed by atoms with Crippen molar-refractivity contribution in [2.45, 2.75) is 82.1 Å². The molecule has 0 radical (unpaired) electrons. The molecule has 7 heterocycles. The second-order valence-corrected chi connectivity index (χ2v) is 17.0. The van der Waals surface area contributed by atoms with Gasteiger partial charge in [-0.15, -0.1) is 0 Å². The van der Waals surface area contributed by atoms with Crippen molar-refractivity contribution in [1.82, 2.24) is 39.8 Å². The molecule has 0 spiro atoms. The highest BCUT2D eigenvalue weighted by molar-refractivity contribution is 6.05. The highest BCUT2D eigenvalue weighted by atomic mass is 16.2. The molecule has 15 nitrogen and oxygen atoms in total.